The number of aliphatic hydroxyl groups excluding tert-OH is 1. The summed E-state index contributed by atoms with van der Waals surface area (Å²) in [5.41, 5.74) is 0.872. The van der Waals surface area contributed by atoms with E-state index in [1.807, 2.05) is 0 Å². The Morgan fingerprint density at radius 3 is 2.83 bits per heavy atom. The summed E-state index contributed by atoms with van der Waals surface area (Å²) in [6.45, 7) is 0.621. The molecule has 2 N–H and O–H groups in total. The van der Waals surface area contributed by atoms with E-state index >= 15 is 0 Å². The maximum absolute atomic E-state index is 13.4. The SMILES string of the molecule is OC(CNCc1ccoc1)c1cc(F)ccc1F. The van der Waals surface area contributed by atoms with Crippen molar-refractivity contribution in [2.24, 2.45) is 0 Å². The lowest BCUT2D eigenvalue weighted by molar-refractivity contribution is 0.169. The van der Waals surface area contributed by atoms with Gasteiger partial charge in [0.1, 0.15) is 11.6 Å². The van der Waals surface area contributed by atoms with Crippen LogP contribution in [0, 0.1) is 11.6 Å². The molecule has 0 fully saturated rings. The van der Waals surface area contributed by atoms with Crippen molar-refractivity contribution in [2.45, 2.75) is 12.6 Å². The van der Waals surface area contributed by atoms with Crippen LogP contribution in [0.25, 0.3) is 0 Å². The molecule has 18 heavy (non-hydrogen) atoms. The van der Waals surface area contributed by atoms with E-state index in [-0.39, 0.29) is 12.1 Å². The van der Waals surface area contributed by atoms with E-state index in [4.69, 9.17) is 4.42 Å². The number of hydrogen-bond acceptors (Lipinski definition) is 3. The van der Waals surface area contributed by atoms with E-state index in [1.54, 1.807) is 18.6 Å². The molecule has 2 aromatic rings. The van der Waals surface area contributed by atoms with Gasteiger partial charge in [-0.25, -0.2) is 8.78 Å². The molecule has 0 aliphatic carbocycles. The highest BCUT2D eigenvalue weighted by Crippen LogP contribution is 2.17. The first-order chi connectivity index (χ1) is 8.66. The summed E-state index contributed by atoms with van der Waals surface area (Å²) in [5.74, 6) is -1.19. The molecule has 1 aromatic carbocycles. The second kappa shape index (κ2) is 5.75. The van der Waals surface area contributed by atoms with Crippen molar-refractivity contribution >= 4 is 0 Å². The highest BCUT2D eigenvalue weighted by atomic mass is 19.1. The normalized spacial score (nSPS) is 12.6. The summed E-state index contributed by atoms with van der Waals surface area (Å²) < 4.78 is 31.2. The van der Waals surface area contributed by atoms with Crippen LogP contribution in [0.15, 0.2) is 41.2 Å². The van der Waals surface area contributed by atoms with Crippen LogP contribution in [0.1, 0.15) is 17.2 Å². The van der Waals surface area contributed by atoms with Gasteiger partial charge >= 0.3 is 0 Å². The minimum Gasteiger partial charge on any atom is -0.472 e. The van der Waals surface area contributed by atoms with Crippen LogP contribution in [0.3, 0.4) is 0 Å². The zero-order valence-electron chi connectivity index (χ0n) is 9.57. The van der Waals surface area contributed by atoms with Crippen LogP contribution < -0.4 is 5.32 Å². The fourth-order valence-corrected chi connectivity index (χ4v) is 1.63. The molecule has 1 aromatic heterocycles. The monoisotopic (exact) mass is 253 g/mol. The number of benzene rings is 1. The Bertz CT molecular complexity index is 500. The highest BCUT2D eigenvalue weighted by Gasteiger charge is 2.13. The lowest BCUT2D eigenvalue weighted by atomic mass is 10.1. The van der Waals surface area contributed by atoms with Gasteiger partial charge in [-0.1, -0.05) is 0 Å². The Morgan fingerprint density at radius 2 is 2.11 bits per heavy atom. The van der Waals surface area contributed by atoms with Gasteiger partial charge in [0.05, 0.1) is 18.6 Å². The fourth-order valence-electron chi connectivity index (χ4n) is 1.63. The van der Waals surface area contributed by atoms with E-state index in [2.05, 4.69) is 5.32 Å². The summed E-state index contributed by atoms with van der Waals surface area (Å²) in [7, 11) is 0. The number of hydrogen-bond donors (Lipinski definition) is 2. The van der Waals surface area contributed by atoms with Crippen molar-refractivity contribution in [3.05, 3.63) is 59.6 Å². The van der Waals surface area contributed by atoms with E-state index in [0.29, 0.717) is 6.54 Å². The lowest BCUT2D eigenvalue weighted by Crippen LogP contribution is -2.21. The Labute approximate surface area is 103 Å². The van der Waals surface area contributed by atoms with Crippen molar-refractivity contribution in [1.82, 2.24) is 5.32 Å². The van der Waals surface area contributed by atoms with E-state index in [9.17, 15) is 13.9 Å². The summed E-state index contributed by atoms with van der Waals surface area (Å²) in [4.78, 5) is 0. The molecule has 0 radical (unpaired) electrons. The average Bonchev–Trinajstić information content (AvgIpc) is 2.85. The highest BCUT2D eigenvalue weighted by molar-refractivity contribution is 5.21. The Kier molecular flexibility index (Phi) is 4.07. The third-order valence-corrected chi connectivity index (χ3v) is 2.56. The molecule has 0 aliphatic heterocycles. The predicted molar refractivity (Wildman–Crippen MR) is 61.7 cm³/mol. The maximum Gasteiger partial charge on any atom is 0.129 e. The number of aliphatic hydroxyl groups is 1. The zero-order chi connectivity index (χ0) is 13.0. The van der Waals surface area contributed by atoms with Gasteiger partial charge in [-0.05, 0) is 24.3 Å². The van der Waals surface area contributed by atoms with Crippen molar-refractivity contribution < 1.29 is 18.3 Å². The van der Waals surface area contributed by atoms with Crippen LogP contribution in [-0.2, 0) is 6.54 Å². The molecule has 0 saturated carbocycles. The molecule has 0 spiro atoms. The topological polar surface area (TPSA) is 45.4 Å². The van der Waals surface area contributed by atoms with Gasteiger partial charge in [0.25, 0.3) is 0 Å². The standard InChI is InChI=1S/C13H13F2NO2/c14-10-1-2-12(15)11(5-10)13(17)7-16-6-9-3-4-18-8-9/h1-5,8,13,16-17H,6-7H2. The molecular weight excluding hydrogens is 240 g/mol. The van der Waals surface area contributed by atoms with Gasteiger partial charge in [-0.3, -0.25) is 0 Å². The molecule has 0 aliphatic rings. The Morgan fingerprint density at radius 1 is 1.28 bits per heavy atom. The van der Waals surface area contributed by atoms with E-state index in [1.165, 1.54) is 0 Å². The van der Waals surface area contributed by atoms with Crippen LogP contribution in [0.5, 0.6) is 0 Å². The largest absolute Gasteiger partial charge is 0.472 e. The molecular formula is C13H13F2NO2. The summed E-state index contributed by atoms with van der Waals surface area (Å²) in [5, 5.41) is 12.7. The van der Waals surface area contributed by atoms with Crippen molar-refractivity contribution in [1.29, 1.82) is 0 Å². The van der Waals surface area contributed by atoms with Crippen LogP contribution in [0.2, 0.25) is 0 Å². The number of nitrogens with one attached hydrogen (secondary N) is 1. The first-order valence-corrected chi connectivity index (χ1v) is 5.51. The van der Waals surface area contributed by atoms with E-state index in [0.717, 1.165) is 23.8 Å². The van der Waals surface area contributed by atoms with Crippen molar-refractivity contribution in [3.63, 3.8) is 0 Å². The Balaban J connectivity index is 1.91. The Hall–Kier alpha value is -1.72. The van der Waals surface area contributed by atoms with Gasteiger partial charge in [0.15, 0.2) is 0 Å². The summed E-state index contributed by atoms with van der Waals surface area (Å²) in [6, 6.07) is 4.80. The van der Waals surface area contributed by atoms with Crippen LogP contribution in [0.4, 0.5) is 8.78 Å². The molecule has 96 valence electrons. The minimum absolute atomic E-state index is 0.0466. The molecule has 3 nitrogen and oxygen atoms in total. The molecule has 2 rings (SSSR count). The number of rotatable bonds is 5. The number of halogens is 2. The van der Waals surface area contributed by atoms with Gasteiger partial charge in [0, 0.05) is 24.2 Å². The van der Waals surface area contributed by atoms with Gasteiger partial charge in [-0.2, -0.15) is 0 Å². The second-order valence-electron chi connectivity index (χ2n) is 3.94. The van der Waals surface area contributed by atoms with Crippen molar-refractivity contribution in [2.75, 3.05) is 6.54 Å². The van der Waals surface area contributed by atoms with Crippen LogP contribution in [-0.4, -0.2) is 11.7 Å². The van der Waals surface area contributed by atoms with Gasteiger partial charge in [0.2, 0.25) is 0 Å². The third kappa shape index (κ3) is 3.15. The zero-order valence-corrected chi connectivity index (χ0v) is 9.57. The number of furan rings is 1. The molecule has 0 saturated heterocycles. The maximum atomic E-state index is 13.4. The predicted octanol–water partition coefficient (Wildman–Crippen LogP) is 2.38. The minimum atomic E-state index is -1.09. The molecule has 1 atom stereocenters. The average molecular weight is 253 g/mol. The second-order valence-corrected chi connectivity index (χ2v) is 3.94. The molecule has 1 unspecified atom stereocenters. The van der Waals surface area contributed by atoms with E-state index < -0.39 is 17.7 Å². The molecule has 0 bridgehead atoms. The first-order valence-electron chi connectivity index (χ1n) is 5.51. The molecule has 1 heterocycles. The lowest BCUT2D eigenvalue weighted by Gasteiger charge is -2.12. The summed E-state index contributed by atoms with van der Waals surface area (Å²) in [6.07, 6.45) is 2.02. The smallest absolute Gasteiger partial charge is 0.129 e. The van der Waals surface area contributed by atoms with Gasteiger partial charge in [-0.15, -0.1) is 0 Å². The van der Waals surface area contributed by atoms with Crippen LogP contribution >= 0.6 is 0 Å². The third-order valence-electron chi connectivity index (χ3n) is 2.56. The summed E-state index contributed by atoms with van der Waals surface area (Å²) >= 11 is 0. The molecule has 5 heteroatoms. The first kappa shape index (κ1) is 12.7. The molecule has 0 amide bonds. The van der Waals surface area contributed by atoms with Gasteiger partial charge < -0.3 is 14.8 Å². The quantitative estimate of drug-likeness (QED) is 0.860. The fraction of sp³-hybridized carbons (Fsp3) is 0.231. The van der Waals surface area contributed by atoms with Crippen molar-refractivity contribution in [3.8, 4) is 0 Å².